The van der Waals surface area contributed by atoms with Gasteiger partial charge in [0.1, 0.15) is 0 Å². The van der Waals surface area contributed by atoms with Gasteiger partial charge in [0.2, 0.25) is 5.91 Å². The van der Waals surface area contributed by atoms with Crippen molar-refractivity contribution in [3.05, 3.63) is 71.8 Å². The number of rotatable bonds is 5. The predicted octanol–water partition coefficient (Wildman–Crippen LogP) is 3.92. The molecule has 1 N–H and O–H groups in total. The van der Waals surface area contributed by atoms with Gasteiger partial charge in [-0.3, -0.25) is 9.59 Å². The quantitative estimate of drug-likeness (QED) is 0.888. The van der Waals surface area contributed by atoms with Crippen LogP contribution in [0.15, 0.2) is 60.7 Å². The Morgan fingerprint density at radius 1 is 1.00 bits per heavy atom. The van der Waals surface area contributed by atoms with E-state index in [1.165, 1.54) is 0 Å². The van der Waals surface area contributed by atoms with Gasteiger partial charge in [-0.25, -0.2) is 0 Å². The molecule has 1 saturated heterocycles. The van der Waals surface area contributed by atoms with Gasteiger partial charge in [0.15, 0.2) is 0 Å². The van der Waals surface area contributed by atoms with Gasteiger partial charge in [-0.05, 0) is 30.9 Å². The summed E-state index contributed by atoms with van der Waals surface area (Å²) in [6.45, 7) is 2.32. The van der Waals surface area contributed by atoms with Crippen LogP contribution in [0, 0.1) is 5.92 Å². The van der Waals surface area contributed by atoms with Gasteiger partial charge < -0.3 is 10.0 Å². The summed E-state index contributed by atoms with van der Waals surface area (Å²) in [7, 11) is 0. The molecule has 26 heavy (non-hydrogen) atoms. The van der Waals surface area contributed by atoms with Gasteiger partial charge >= 0.3 is 5.97 Å². The average molecular weight is 351 g/mol. The topological polar surface area (TPSA) is 57.6 Å². The number of hydrogen-bond donors (Lipinski definition) is 1. The first-order valence-corrected chi connectivity index (χ1v) is 9.18. The van der Waals surface area contributed by atoms with E-state index < -0.39 is 11.9 Å². The number of nitrogens with zero attached hydrogens (tertiary/aromatic N) is 1. The Hall–Kier alpha value is -2.62. The molecule has 1 heterocycles. The van der Waals surface area contributed by atoms with Crippen LogP contribution in [0.3, 0.4) is 0 Å². The highest BCUT2D eigenvalue weighted by molar-refractivity contribution is 5.79. The van der Waals surface area contributed by atoms with Crippen LogP contribution < -0.4 is 0 Å². The second-order valence-electron chi connectivity index (χ2n) is 7.09. The first-order chi connectivity index (χ1) is 12.6. The number of piperidine rings is 1. The van der Waals surface area contributed by atoms with E-state index >= 15 is 0 Å². The maximum atomic E-state index is 13.1. The van der Waals surface area contributed by atoms with Crippen molar-refractivity contribution in [2.45, 2.75) is 38.1 Å². The number of likely N-dealkylation sites (tertiary alicyclic amines) is 1. The van der Waals surface area contributed by atoms with Crippen molar-refractivity contribution < 1.29 is 14.7 Å². The molecule has 0 radical (unpaired) electrons. The highest BCUT2D eigenvalue weighted by atomic mass is 16.4. The molecule has 0 aromatic heterocycles. The van der Waals surface area contributed by atoms with E-state index in [4.69, 9.17) is 0 Å². The summed E-state index contributed by atoms with van der Waals surface area (Å²) in [5, 5.41) is 9.32. The Labute approximate surface area is 154 Å². The summed E-state index contributed by atoms with van der Waals surface area (Å²) in [5.41, 5.74) is 2.21. The number of hydrogen-bond acceptors (Lipinski definition) is 2. The Kier molecular flexibility index (Phi) is 5.71. The lowest BCUT2D eigenvalue weighted by atomic mass is 9.87. The van der Waals surface area contributed by atoms with Gasteiger partial charge in [-0.2, -0.15) is 0 Å². The monoisotopic (exact) mass is 351 g/mol. The van der Waals surface area contributed by atoms with Crippen molar-refractivity contribution in [2.24, 2.45) is 5.92 Å². The molecule has 2 aromatic rings. The van der Waals surface area contributed by atoms with Crippen LogP contribution in [-0.2, 0) is 9.59 Å². The normalized spacial score (nSPS) is 20.2. The van der Waals surface area contributed by atoms with E-state index in [1.807, 2.05) is 67.6 Å². The van der Waals surface area contributed by atoms with Crippen molar-refractivity contribution in [1.29, 1.82) is 0 Å². The molecule has 2 aromatic carbocycles. The highest BCUT2D eigenvalue weighted by Crippen LogP contribution is 2.30. The summed E-state index contributed by atoms with van der Waals surface area (Å²) >= 11 is 0. The second kappa shape index (κ2) is 8.17. The number of carbonyl (C=O) groups is 2. The van der Waals surface area contributed by atoms with Gasteiger partial charge in [-0.1, -0.05) is 60.7 Å². The number of amides is 1. The molecule has 3 rings (SSSR count). The Bertz CT molecular complexity index is 705. The van der Waals surface area contributed by atoms with E-state index in [-0.39, 0.29) is 17.9 Å². The van der Waals surface area contributed by atoms with E-state index in [9.17, 15) is 14.7 Å². The van der Waals surface area contributed by atoms with Gasteiger partial charge in [0.05, 0.1) is 5.92 Å². The van der Waals surface area contributed by atoms with Crippen molar-refractivity contribution in [2.75, 3.05) is 6.54 Å². The van der Waals surface area contributed by atoms with E-state index in [0.29, 0.717) is 19.4 Å². The van der Waals surface area contributed by atoms with Crippen molar-refractivity contribution in [1.82, 2.24) is 4.90 Å². The predicted molar refractivity (Wildman–Crippen MR) is 101 cm³/mol. The summed E-state index contributed by atoms with van der Waals surface area (Å²) in [6.07, 6.45) is 1.73. The molecule has 1 fully saturated rings. The van der Waals surface area contributed by atoms with E-state index in [0.717, 1.165) is 17.5 Å². The fourth-order valence-corrected chi connectivity index (χ4v) is 3.75. The van der Waals surface area contributed by atoms with Gasteiger partial charge in [0, 0.05) is 24.9 Å². The van der Waals surface area contributed by atoms with Crippen molar-refractivity contribution >= 4 is 11.9 Å². The van der Waals surface area contributed by atoms with Crippen LogP contribution in [0.25, 0.3) is 0 Å². The smallest absolute Gasteiger partial charge is 0.308 e. The Balaban J connectivity index is 1.82. The van der Waals surface area contributed by atoms with Gasteiger partial charge in [-0.15, -0.1) is 0 Å². The lowest BCUT2D eigenvalue weighted by Gasteiger charge is -2.37. The zero-order chi connectivity index (χ0) is 18.5. The first kappa shape index (κ1) is 18.2. The molecule has 0 saturated carbocycles. The van der Waals surface area contributed by atoms with E-state index in [2.05, 4.69) is 0 Å². The third-order valence-corrected chi connectivity index (χ3v) is 5.33. The number of aliphatic carboxylic acids is 1. The minimum atomic E-state index is -0.808. The number of carbonyl (C=O) groups excluding carboxylic acids is 1. The molecule has 136 valence electrons. The Morgan fingerprint density at radius 3 is 2.04 bits per heavy atom. The molecule has 1 aliphatic heterocycles. The lowest BCUT2D eigenvalue weighted by molar-refractivity contribution is -0.147. The maximum absolute atomic E-state index is 13.1. The lowest BCUT2D eigenvalue weighted by Crippen LogP contribution is -2.47. The van der Waals surface area contributed by atoms with Crippen LogP contribution in [-0.4, -0.2) is 34.5 Å². The molecule has 0 spiro atoms. The summed E-state index contributed by atoms with van der Waals surface area (Å²) in [4.78, 5) is 26.2. The van der Waals surface area contributed by atoms with Crippen LogP contribution in [0.1, 0.15) is 43.2 Å². The zero-order valence-corrected chi connectivity index (χ0v) is 15.0. The number of benzene rings is 2. The van der Waals surface area contributed by atoms with Gasteiger partial charge in [0.25, 0.3) is 0 Å². The fourth-order valence-electron chi connectivity index (χ4n) is 3.75. The molecule has 0 aliphatic carbocycles. The third-order valence-electron chi connectivity index (χ3n) is 5.33. The second-order valence-corrected chi connectivity index (χ2v) is 7.09. The van der Waals surface area contributed by atoms with Crippen LogP contribution in [0.2, 0.25) is 0 Å². The molecule has 0 bridgehead atoms. The molecular formula is C22H25NO3. The molecule has 4 heteroatoms. The first-order valence-electron chi connectivity index (χ1n) is 9.18. The molecule has 1 amide bonds. The largest absolute Gasteiger partial charge is 0.481 e. The van der Waals surface area contributed by atoms with E-state index in [1.54, 1.807) is 4.90 Å². The zero-order valence-electron chi connectivity index (χ0n) is 15.0. The van der Waals surface area contributed by atoms with Crippen molar-refractivity contribution in [3.63, 3.8) is 0 Å². The number of carboxylic acids is 1. The molecule has 2 unspecified atom stereocenters. The minimum absolute atomic E-state index is 0.0256. The molecule has 4 nitrogen and oxygen atoms in total. The fraction of sp³-hybridized carbons (Fsp3) is 0.364. The maximum Gasteiger partial charge on any atom is 0.308 e. The summed E-state index contributed by atoms with van der Waals surface area (Å²) in [5.74, 6) is -1.26. The van der Waals surface area contributed by atoms with Crippen LogP contribution in [0.4, 0.5) is 0 Å². The minimum Gasteiger partial charge on any atom is -0.481 e. The SMILES string of the molecule is CC1CCC(C(=O)O)CN1C(=O)CC(c1ccccc1)c1ccccc1. The molecule has 1 aliphatic rings. The molecular weight excluding hydrogens is 326 g/mol. The number of carboxylic acid groups (broad SMARTS) is 1. The van der Waals surface area contributed by atoms with Crippen LogP contribution in [0.5, 0.6) is 0 Å². The Morgan fingerprint density at radius 2 is 1.54 bits per heavy atom. The summed E-state index contributed by atoms with van der Waals surface area (Å²) < 4.78 is 0. The highest BCUT2D eigenvalue weighted by Gasteiger charge is 2.33. The summed E-state index contributed by atoms with van der Waals surface area (Å²) in [6, 6.07) is 20.2. The molecule has 2 atom stereocenters. The third kappa shape index (κ3) is 4.13. The van der Waals surface area contributed by atoms with Crippen molar-refractivity contribution in [3.8, 4) is 0 Å². The average Bonchev–Trinajstić information content (AvgIpc) is 2.67. The van der Waals surface area contributed by atoms with Crippen LogP contribution >= 0.6 is 0 Å². The standard InChI is InChI=1S/C22H25NO3/c1-16-12-13-19(22(25)26)15-23(16)21(24)14-20(17-8-4-2-5-9-17)18-10-6-3-7-11-18/h2-11,16,19-20H,12-15H2,1H3,(H,25,26).